The number of nitrogens with zero attached hydrogens (tertiary/aromatic N) is 4. The minimum absolute atomic E-state index is 0.0757. The number of carbonyl (C=O) groups is 2. The van der Waals surface area contributed by atoms with E-state index in [0.717, 1.165) is 0 Å². The molecule has 1 N–H and O–H groups in total. The average molecular weight is 383 g/mol. The Morgan fingerprint density at radius 2 is 1.68 bits per heavy atom. The van der Waals surface area contributed by atoms with Gasteiger partial charge in [-0.15, -0.1) is 0 Å². The van der Waals surface area contributed by atoms with Crippen LogP contribution in [0.4, 0.5) is 11.6 Å². The Balaban J connectivity index is 1.38. The van der Waals surface area contributed by atoms with E-state index in [1.54, 1.807) is 30.0 Å². The zero-order chi connectivity index (χ0) is 19.5. The van der Waals surface area contributed by atoms with Crippen molar-refractivity contribution in [1.82, 2.24) is 14.9 Å². The molecule has 9 nitrogen and oxygen atoms in total. The van der Waals surface area contributed by atoms with E-state index in [1.807, 2.05) is 4.90 Å². The Morgan fingerprint density at radius 1 is 1.00 bits per heavy atom. The van der Waals surface area contributed by atoms with Crippen molar-refractivity contribution in [3.8, 4) is 11.5 Å². The molecule has 0 saturated carbocycles. The lowest BCUT2D eigenvalue weighted by Crippen LogP contribution is -2.48. The smallest absolute Gasteiger partial charge is 0.258 e. The zero-order valence-electron chi connectivity index (χ0n) is 15.6. The summed E-state index contributed by atoms with van der Waals surface area (Å²) in [6, 6.07) is 5.26. The van der Waals surface area contributed by atoms with Crippen LogP contribution >= 0.6 is 0 Å². The molecule has 2 aliphatic rings. The third-order valence-corrected chi connectivity index (χ3v) is 4.71. The van der Waals surface area contributed by atoms with Gasteiger partial charge in [-0.05, 0) is 12.1 Å². The van der Waals surface area contributed by atoms with E-state index in [9.17, 15) is 9.59 Å². The quantitative estimate of drug-likeness (QED) is 0.850. The molecule has 0 atom stereocenters. The van der Waals surface area contributed by atoms with Crippen LogP contribution in [-0.2, 0) is 4.79 Å². The monoisotopic (exact) mass is 383 g/mol. The van der Waals surface area contributed by atoms with Crippen molar-refractivity contribution in [2.75, 3.05) is 49.6 Å². The summed E-state index contributed by atoms with van der Waals surface area (Å²) in [5, 5.41) is 2.81. The molecule has 0 bridgehead atoms. The fourth-order valence-corrected chi connectivity index (χ4v) is 3.15. The van der Waals surface area contributed by atoms with Crippen LogP contribution < -0.4 is 19.7 Å². The normalized spacial score (nSPS) is 15.9. The van der Waals surface area contributed by atoms with Gasteiger partial charge in [0, 0.05) is 57.3 Å². The van der Waals surface area contributed by atoms with Crippen molar-refractivity contribution in [2.24, 2.45) is 0 Å². The van der Waals surface area contributed by atoms with Gasteiger partial charge in [-0.2, -0.15) is 0 Å². The maximum atomic E-state index is 12.5. The van der Waals surface area contributed by atoms with Crippen molar-refractivity contribution >= 4 is 23.5 Å². The molecule has 3 heterocycles. The number of hydrogen-bond acceptors (Lipinski definition) is 7. The Bertz CT molecular complexity index is 878. The van der Waals surface area contributed by atoms with Gasteiger partial charge in [-0.3, -0.25) is 9.59 Å². The van der Waals surface area contributed by atoms with E-state index >= 15 is 0 Å². The highest BCUT2D eigenvalue weighted by molar-refractivity contribution is 6.04. The van der Waals surface area contributed by atoms with Crippen LogP contribution in [0.1, 0.15) is 17.3 Å². The molecule has 4 rings (SSSR count). The molecular weight excluding hydrogens is 362 g/mol. The second-order valence-electron chi connectivity index (χ2n) is 6.58. The first-order valence-electron chi connectivity index (χ1n) is 9.13. The van der Waals surface area contributed by atoms with Crippen LogP contribution in [0.25, 0.3) is 0 Å². The lowest BCUT2D eigenvalue weighted by molar-refractivity contribution is -0.129. The topological polar surface area (TPSA) is 96.9 Å². The van der Waals surface area contributed by atoms with Crippen LogP contribution in [0, 0.1) is 0 Å². The summed E-state index contributed by atoms with van der Waals surface area (Å²) in [7, 11) is 0. The highest BCUT2D eigenvalue weighted by Gasteiger charge is 2.21. The SMILES string of the molecule is CC(=O)N1CCN(c2ncc(C(=O)Nc3ccc4c(c3)OCCO4)cn2)CC1. The van der Waals surface area contributed by atoms with Gasteiger partial charge in [0.2, 0.25) is 11.9 Å². The number of carbonyl (C=O) groups excluding carboxylic acids is 2. The molecular formula is C19H21N5O4. The molecule has 0 spiro atoms. The molecule has 28 heavy (non-hydrogen) atoms. The van der Waals surface area contributed by atoms with Gasteiger partial charge in [0.1, 0.15) is 13.2 Å². The lowest BCUT2D eigenvalue weighted by Gasteiger charge is -2.34. The van der Waals surface area contributed by atoms with Crippen molar-refractivity contribution in [1.29, 1.82) is 0 Å². The Morgan fingerprint density at radius 3 is 2.36 bits per heavy atom. The molecule has 146 valence electrons. The van der Waals surface area contributed by atoms with E-state index < -0.39 is 0 Å². The molecule has 0 radical (unpaired) electrons. The van der Waals surface area contributed by atoms with Crippen molar-refractivity contribution in [2.45, 2.75) is 6.92 Å². The van der Waals surface area contributed by atoms with E-state index in [-0.39, 0.29) is 11.8 Å². The highest BCUT2D eigenvalue weighted by Crippen LogP contribution is 2.32. The number of piperazine rings is 1. The second kappa shape index (κ2) is 7.71. The predicted octanol–water partition coefficient (Wildman–Crippen LogP) is 1.17. The fourth-order valence-electron chi connectivity index (χ4n) is 3.15. The average Bonchev–Trinajstić information content (AvgIpc) is 2.74. The Labute approximate surface area is 162 Å². The highest BCUT2D eigenvalue weighted by atomic mass is 16.6. The standard InChI is InChI=1S/C19H21N5O4/c1-13(25)23-4-6-24(7-5-23)19-20-11-14(12-21-19)18(26)22-15-2-3-16-17(10-15)28-9-8-27-16/h2-3,10-12H,4-9H2,1H3,(H,22,26). The first-order valence-corrected chi connectivity index (χ1v) is 9.13. The number of amides is 2. The Kier molecular flexibility index (Phi) is 4.96. The maximum absolute atomic E-state index is 12.5. The summed E-state index contributed by atoms with van der Waals surface area (Å²) in [6.45, 7) is 5.20. The largest absolute Gasteiger partial charge is 0.486 e. The fraction of sp³-hybridized carbons (Fsp3) is 0.368. The summed E-state index contributed by atoms with van der Waals surface area (Å²) in [5.74, 6) is 1.61. The zero-order valence-corrected chi connectivity index (χ0v) is 15.6. The molecule has 1 aromatic carbocycles. The number of aromatic nitrogens is 2. The number of hydrogen-bond donors (Lipinski definition) is 1. The molecule has 9 heteroatoms. The van der Waals surface area contributed by atoms with E-state index in [0.29, 0.717) is 68.1 Å². The van der Waals surface area contributed by atoms with Gasteiger partial charge in [0.25, 0.3) is 5.91 Å². The third-order valence-electron chi connectivity index (χ3n) is 4.71. The minimum atomic E-state index is -0.301. The number of nitrogens with one attached hydrogen (secondary N) is 1. The summed E-state index contributed by atoms with van der Waals surface area (Å²) in [4.78, 5) is 36.3. The van der Waals surface area contributed by atoms with Gasteiger partial charge in [-0.25, -0.2) is 9.97 Å². The molecule has 0 aliphatic carbocycles. The van der Waals surface area contributed by atoms with E-state index in [4.69, 9.17) is 9.47 Å². The number of anilines is 2. The van der Waals surface area contributed by atoms with Crippen molar-refractivity contribution < 1.29 is 19.1 Å². The summed E-state index contributed by atoms with van der Waals surface area (Å²) >= 11 is 0. The van der Waals surface area contributed by atoms with E-state index in [2.05, 4.69) is 15.3 Å². The van der Waals surface area contributed by atoms with Crippen molar-refractivity contribution in [3.05, 3.63) is 36.2 Å². The summed E-state index contributed by atoms with van der Waals surface area (Å²) < 4.78 is 11.0. The molecule has 2 amide bonds. The molecule has 2 aliphatic heterocycles. The third kappa shape index (κ3) is 3.83. The molecule has 1 saturated heterocycles. The van der Waals surface area contributed by atoms with Gasteiger partial charge in [0.05, 0.1) is 5.56 Å². The minimum Gasteiger partial charge on any atom is -0.486 e. The van der Waals surface area contributed by atoms with Crippen LogP contribution in [0.5, 0.6) is 11.5 Å². The Hall–Kier alpha value is -3.36. The van der Waals surface area contributed by atoms with Crippen LogP contribution in [0.2, 0.25) is 0 Å². The van der Waals surface area contributed by atoms with E-state index in [1.165, 1.54) is 12.4 Å². The summed E-state index contributed by atoms with van der Waals surface area (Å²) in [6.07, 6.45) is 3.01. The summed E-state index contributed by atoms with van der Waals surface area (Å²) in [5.41, 5.74) is 0.972. The molecule has 1 aromatic heterocycles. The number of fused-ring (bicyclic) bond motifs is 1. The van der Waals surface area contributed by atoms with Gasteiger partial charge in [-0.1, -0.05) is 0 Å². The number of benzene rings is 1. The molecule has 1 fully saturated rings. The predicted molar refractivity (Wildman–Crippen MR) is 102 cm³/mol. The molecule has 2 aromatic rings. The first kappa shape index (κ1) is 18.0. The van der Waals surface area contributed by atoms with Gasteiger partial charge >= 0.3 is 0 Å². The van der Waals surface area contributed by atoms with Gasteiger partial charge < -0.3 is 24.6 Å². The van der Waals surface area contributed by atoms with Crippen LogP contribution in [-0.4, -0.2) is 66.1 Å². The second-order valence-corrected chi connectivity index (χ2v) is 6.58. The number of ether oxygens (including phenoxy) is 2. The first-order chi connectivity index (χ1) is 13.6. The van der Waals surface area contributed by atoms with Crippen LogP contribution in [0.15, 0.2) is 30.6 Å². The van der Waals surface area contributed by atoms with Gasteiger partial charge in [0.15, 0.2) is 11.5 Å². The van der Waals surface area contributed by atoms with Crippen molar-refractivity contribution in [3.63, 3.8) is 0 Å². The maximum Gasteiger partial charge on any atom is 0.258 e. The van der Waals surface area contributed by atoms with Crippen LogP contribution in [0.3, 0.4) is 0 Å². The number of rotatable bonds is 3. The molecule has 0 unspecified atom stereocenters. The lowest BCUT2D eigenvalue weighted by atomic mass is 10.2.